The first-order valence-electron chi connectivity index (χ1n) is 5.68. The van der Waals surface area contributed by atoms with Crippen molar-refractivity contribution in [2.24, 2.45) is 0 Å². The fourth-order valence-electron chi connectivity index (χ4n) is 2.09. The molecule has 1 aliphatic rings. The van der Waals surface area contributed by atoms with Gasteiger partial charge in [0.2, 0.25) is 10.0 Å². The van der Waals surface area contributed by atoms with Gasteiger partial charge in [-0.25, -0.2) is 8.42 Å². The van der Waals surface area contributed by atoms with Crippen molar-refractivity contribution in [1.29, 1.82) is 0 Å². The Morgan fingerprint density at radius 3 is 2.32 bits per heavy atom. The van der Waals surface area contributed by atoms with Crippen molar-refractivity contribution in [2.45, 2.75) is 17.4 Å². The minimum absolute atomic E-state index is 0.0467. The molecule has 19 heavy (non-hydrogen) atoms. The van der Waals surface area contributed by atoms with E-state index in [1.807, 2.05) is 7.05 Å². The SMILES string of the molecule is CNC1CCN(S(=O)(=O)c2c(Cl)cc(Cl)cc2Cl)C1. The van der Waals surface area contributed by atoms with E-state index in [2.05, 4.69) is 5.32 Å². The molecule has 1 fully saturated rings. The third kappa shape index (κ3) is 3.01. The van der Waals surface area contributed by atoms with Crippen molar-refractivity contribution in [2.75, 3.05) is 20.1 Å². The van der Waals surface area contributed by atoms with Crippen LogP contribution in [-0.4, -0.2) is 38.9 Å². The van der Waals surface area contributed by atoms with Gasteiger partial charge in [0.25, 0.3) is 0 Å². The Labute approximate surface area is 127 Å². The molecule has 0 amide bonds. The van der Waals surface area contributed by atoms with Crippen molar-refractivity contribution in [3.05, 3.63) is 27.2 Å². The molecule has 1 aromatic rings. The topological polar surface area (TPSA) is 49.4 Å². The predicted molar refractivity (Wildman–Crippen MR) is 77.7 cm³/mol. The van der Waals surface area contributed by atoms with Gasteiger partial charge in [-0.15, -0.1) is 0 Å². The molecule has 2 rings (SSSR count). The van der Waals surface area contributed by atoms with E-state index in [9.17, 15) is 8.42 Å². The molecule has 0 aromatic heterocycles. The quantitative estimate of drug-likeness (QED) is 0.918. The third-order valence-corrected chi connectivity index (χ3v) is 6.13. The number of nitrogens with one attached hydrogen (secondary N) is 1. The van der Waals surface area contributed by atoms with Gasteiger partial charge in [-0.05, 0) is 25.6 Å². The predicted octanol–water partition coefficient (Wildman–Crippen LogP) is 2.63. The van der Waals surface area contributed by atoms with Crippen LogP contribution in [0.5, 0.6) is 0 Å². The van der Waals surface area contributed by atoms with Gasteiger partial charge in [-0.3, -0.25) is 0 Å². The molecule has 0 bridgehead atoms. The van der Waals surface area contributed by atoms with E-state index in [1.54, 1.807) is 0 Å². The maximum Gasteiger partial charge on any atom is 0.246 e. The van der Waals surface area contributed by atoms with Crippen molar-refractivity contribution in [3.8, 4) is 0 Å². The number of hydrogen-bond donors (Lipinski definition) is 1. The smallest absolute Gasteiger partial charge is 0.246 e. The van der Waals surface area contributed by atoms with Gasteiger partial charge in [-0.2, -0.15) is 4.31 Å². The largest absolute Gasteiger partial charge is 0.316 e. The number of sulfonamides is 1. The summed E-state index contributed by atoms with van der Waals surface area (Å²) in [6.07, 6.45) is 0.762. The monoisotopic (exact) mass is 342 g/mol. The first-order chi connectivity index (χ1) is 8.86. The lowest BCUT2D eigenvalue weighted by Crippen LogP contribution is -2.33. The van der Waals surface area contributed by atoms with E-state index < -0.39 is 10.0 Å². The average Bonchev–Trinajstić information content (AvgIpc) is 2.75. The van der Waals surface area contributed by atoms with E-state index in [4.69, 9.17) is 34.8 Å². The number of likely N-dealkylation sites (N-methyl/N-ethyl adjacent to an activating group) is 1. The Balaban J connectivity index is 2.41. The van der Waals surface area contributed by atoms with E-state index in [1.165, 1.54) is 16.4 Å². The molecule has 0 spiro atoms. The van der Waals surface area contributed by atoms with E-state index >= 15 is 0 Å². The molecule has 0 radical (unpaired) electrons. The van der Waals surface area contributed by atoms with Crippen LogP contribution in [0.25, 0.3) is 0 Å². The summed E-state index contributed by atoms with van der Waals surface area (Å²) in [6.45, 7) is 0.858. The van der Waals surface area contributed by atoms with Crippen LogP contribution in [0, 0.1) is 0 Å². The van der Waals surface area contributed by atoms with E-state index in [-0.39, 0.29) is 21.0 Å². The first kappa shape index (κ1) is 15.4. The lowest BCUT2D eigenvalue weighted by atomic mass is 10.3. The summed E-state index contributed by atoms with van der Waals surface area (Å²) >= 11 is 17.7. The van der Waals surface area contributed by atoms with Gasteiger partial charge in [0, 0.05) is 24.2 Å². The molecule has 0 aliphatic carbocycles. The molecule has 106 valence electrons. The van der Waals surface area contributed by atoms with Crippen molar-refractivity contribution < 1.29 is 8.42 Å². The molecular weight excluding hydrogens is 331 g/mol. The fraction of sp³-hybridized carbons (Fsp3) is 0.455. The van der Waals surface area contributed by atoms with Gasteiger partial charge in [0.1, 0.15) is 4.90 Å². The van der Waals surface area contributed by atoms with Crippen LogP contribution in [0.15, 0.2) is 17.0 Å². The highest BCUT2D eigenvalue weighted by Gasteiger charge is 2.34. The molecule has 1 aromatic carbocycles. The summed E-state index contributed by atoms with van der Waals surface area (Å²) in [5, 5.41) is 3.46. The minimum atomic E-state index is -3.69. The zero-order valence-corrected chi connectivity index (χ0v) is 13.2. The number of halogens is 3. The first-order valence-corrected chi connectivity index (χ1v) is 8.25. The average molecular weight is 344 g/mol. The maximum absolute atomic E-state index is 12.5. The number of rotatable bonds is 3. The van der Waals surface area contributed by atoms with Crippen LogP contribution >= 0.6 is 34.8 Å². The number of nitrogens with zero attached hydrogens (tertiary/aromatic N) is 1. The zero-order valence-electron chi connectivity index (χ0n) is 10.2. The van der Waals surface area contributed by atoms with Crippen LogP contribution in [0.2, 0.25) is 15.1 Å². The molecule has 1 heterocycles. The number of hydrogen-bond acceptors (Lipinski definition) is 3. The van der Waals surface area contributed by atoms with Crippen molar-refractivity contribution in [1.82, 2.24) is 9.62 Å². The van der Waals surface area contributed by atoms with Crippen LogP contribution in [-0.2, 0) is 10.0 Å². The normalized spacial score (nSPS) is 20.9. The highest BCUT2D eigenvalue weighted by molar-refractivity contribution is 7.89. The molecule has 4 nitrogen and oxygen atoms in total. The summed E-state index contributed by atoms with van der Waals surface area (Å²) < 4.78 is 26.5. The summed E-state index contributed by atoms with van der Waals surface area (Å²) in [4.78, 5) is -0.0722. The molecule has 1 aliphatic heterocycles. The Bertz CT molecular complexity index is 569. The number of benzene rings is 1. The summed E-state index contributed by atoms with van der Waals surface area (Å²) in [7, 11) is -1.88. The van der Waals surface area contributed by atoms with Gasteiger partial charge < -0.3 is 5.32 Å². The lowest BCUT2D eigenvalue weighted by molar-refractivity contribution is 0.464. The van der Waals surface area contributed by atoms with Gasteiger partial charge in [0.15, 0.2) is 0 Å². The Hall–Kier alpha value is -0.0400. The molecular formula is C11H13Cl3N2O2S. The fourth-order valence-corrected chi connectivity index (χ4v) is 5.08. The van der Waals surface area contributed by atoms with Crippen LogP contribution in [0.4, 0.5) is 0 Å². The van der Waals surface area contributed by atoms with Crippen LogP contribution in [0.3, 0.4) is 0 Å². The van der Waals surface area contributed by atoms with Crippen LogP contribution in [0.1, 0.15) is 6.42 Å². The molecule has 1 N–H and O–H groups in total. The standard InChI is InChI=1S/C11H13Cl3N2O2S/c1-15-8-2-3-16(6-8)19(17,18)11-9(13)4-7(12)5-10(11)14/h4-5,8,15H,2-3,6H2,1H3. The van der Waals surface area contributed by atoms with Gasteiger partial charge in [-0.1, -0.05) is 34.8 Å². The van der Waals surface area contributed by atoms with Gasteiger partial charge >= 0.3 is 0 Å². The third-order valence-electron chi connectivity index (χ3n) is 3.12. The summed E-state index contributed by atoms with van der Waals surface area (Å²) in [6, 6.07) is 2.92. The molecule has 1 unspecified atom stereocenters. The molecule has 8 heteroatoms. The molecule has 1 saturated heterocycles. The van der Waals surface area contributed by atoms with Gasteiger partial charge in [0.05, 0.1) is 10.0 Å². The summed E-state index contributed by atoms with van der Waals surface area (Å²) in [5.74, 6) is 0. The zero-order chi connectivity index (χ0) is 14.2. The second-order valence-corrected chi connectivity index (χ2v) is 7.46. The Morgan fingerprint density at radius 1 is 1.26 bits per heavy atom. The minimum Gasteiger partial charge on any atom is -0.316 e. The Morgan fingerprint density at radius 2 is 1.84 bits per heavy atom. The van der Waals surface area contributed by atoms with E-state index in [0.29, 0.717) is 18.1 Å². The van der Waals surface area contributed by atoms with Crippen molar-refractivity contribution >= 4 is 44.8 Å². The Kier molecular flexibility index (Phi) is 4.65. The lowest BCUT2D eigenvalue weighted by Gasteiger charge is -2.18. The summed E-state index contributed by atoms with van der Waals surface area (Å²) in [5.41, 5.74) is 0. The maximum atomic E-state index is 12.5. The highest BCUT2D eigenvalue weighted by atomic mass is 35.5. The second kappa shape index (κ2) is 5.76. The molecule has 1 atom stereocenters. The molecule has 0 saturated carbocycles. The van der Waals surface area contributed by atoms with Crippen molar-refractivity contribution in [3.63, 3.8) is 0 Å². The van der Waals surface area contributed by atoms with E-state index in [0.717, 1.165) is 6.42 Å². The second-order valence-electron chi connectivity index (χ2n) is 4.34. The van der Waals surface area contributed by atoms with Crippen LogP contribution < -0.4 is 5.32 Å². The highest BCUT2D eigenvalue weighted by Crippen LogP contribution is 2.35.